The van der Waals surface area contributed by atoms with Crippen LogP contribution in [0.4, 0.5) is 15.8 Å². The van der Waals surface area contributed by atoms with Crippen LogP contribution in [0.5, 0.6) is 5.75 Å². The molecule has 1 aliphatic rings. The zero-order valence-corrected chi connectivity index (χ0v) is 12.1. The van der Waals surface area contributed by atoms with Crippen LogP contribution in [0.25, 0.3) is 0 Å². The number of anilines is 2. The minimum atomic E-state index is -0.295. The quantitative estimate of drug-likeness (QED) is 0.873. The van der Waals surface area contributed by atoms with E-state index in [-0.39, 0.29) is 11.9 Å². The van der Waals surface area contributed by atoms with Crippen molar-refractivity contribution >= 4 is 11.4 Å². The summed E-state index contributed by atoms with van der Waals surface area (Å²) in [6.07, 6.45) is 2.07. The van der Waals surface area contributed by atoms with Gasteiger partial charge in [-0.1, -0.05) is 30.3 Å². The van der Waals surface area contributed by atoms with E-state index in [0.29, 0.717) is 17.1 Å². The SMILES string of the molecule is COc1cc(N2CCCC2c2ccccc2)c(F)cc1N. The number of halogens is 1. The van der Waals surface area contributed by atoms with E-state index in [4.69, 9.17) is 10.5 Å². The van der Waals surface area contributed by atoms with E-state index in [1.165, 1.54) is 11.6 Å². The Hall–Kier alpha value is -2.23. The predicted molar refractivity (Wildman–Crippen MR) is 83.1 cm³/mol. The van der Waals surface area contributed by atoms with Gasteiger partial charge in [-0.2, -0.15) is 0 Å². The molecule has 21 heavy (non-hydrogen) atoms. The Labute approximate surface area is 124 Å². The summed E-state index contributed by atoms with van der Waals surface area (Å²) in [4.78, 5) is 2.10. The number of hydrogen-bond donors (Lipinski definition) is 1. The molecule has 1 atom stereocenters. The van der Waals surface area contributed by atoms with Gasteiger partial charge in [0.25, 0.3) is 0 Å². The fraction of sp³-hybridized carbons (Fsp3) is 0.294. The largest absolute Gasteiger partial charge is 0.495 e. The van der Waals surface area contributed by atoms with Gasteiger partial charge in [0.15, 0.2) is 0 Å². The Morgan fingerprint density at radius 1 is 1.24 bits per heavy atom. The van der Waals surface area contributed by atoms with Gasteiger partial charge in [-0.05, 0) is 18.4 Å². The molecule has 1 aliphatic heterocycles. The second-order valence-corrected chi connectivity index (χ2v) is 5.31. The molecule has 2 aromatic carbocycles. The molecule has 1 fully saturated rings. The summed E-state index contributed by atoms with van der Waals surface area (Å²) < 4.78 is 19.6. The fourth-order valence-corrected chi connectivity index (χ4v) is 3.03. The lowest BCUT2D eigenvalue weighted by Crippen LogP contribution is -2.23. The summed E-state index contributed by atoms with van der Waals surface area (Å²) in [7, 11) is 1.55. The molecule has 3 nitrogen and oxygen atoms in total. The van der Waals surface area contributed by atoms with E-state index in [1.807, 2.05) is 18.2 Å². The smallest absolute Gasteiger partial charge is 0.148 e. The van der Waals surface area contributed by atoms with E-state index in [9.17, 15) is 4.39 Å². The van der Waals surface area contributed by atoms with Gasteiger partial charge in [-0.15, -0.1) is 0 Å². The fourth-order valence-electron chi connectivity index (χ4n) is 3.03. The number of ether oxygens (including phenoxy) is 1. The van der Waals surface area contributed by atoms with Crippen LogP contribution in [0, 0.1) is 5.82 Å². The van der Waals surface area contributed by atoms with Crippen molar-refractivity contribution in [2.75, 3.05) is 24.3 Å². The zero-order valence-electron chi connectivity index (χ0n) is 12.1. The summed E-state index contributed by atoms with van der Waals surface area (Å²) in [6, 6.07) is 13.5. The molecular formula is C17H19FN2O. The topological polar surface area (TPSA) is 38.5 Å². The molecule has 110 valence electrons. The number of nitrogens with zero attached hydrogens (tertiary/aromatic N) is 1. The van der Waals surface area contributed by atoms with Crippen molar-refractivity contribution in [1.29, 1.82) is 0 Å². The molecule has 0 amide bonds. The number of rotatable bonds is 3. The first kappa shape index (κ1) is 13.7. The molecule has 0 saturated carbocycles. The van der Waals surface area contributed by atoms with Crippen LogP contribution in [0.1, 0.15) is 24.4 Å². The molecule has 0 bridgehead atoms. The highest BCUT2D eigenvalue weighted by Gasteiger charge is 2.28. The van der Waals surface area contributed by atoms with Crippen molar-refractivity contribution in [2.24, 2.45) is 0 Å². The molecule has 1 unspecified atom stereocenters. The van der Waals surface area contributed by atoms with Crippen molar-refractivity contribution in [1.82, 2.24) is 0 Å². The highest BCUT2D eigenvalue weighted by Crippen LogP contribution is 2.40. The summed E-state index contributed by atoms with van der Waals surface area (Å²) in [5, 5.41) is 0. The van der Waals surface area contributed by atoms with Gasteiger partial charge in [0.1, 0.15) is 11.6 Å². The molecule has 1 heterocycles. The van der Waals surface area contributed by atoms with Crippen LogP contribution in [0.2, 0.25) is 0 Å². The average Bonchev–Trinajstić information content (AvgIpc) is 2.97. The Kier molecular flexibility index (Phi) is 3.69. The van der Waals surface area contributed by atoms with Gasteiger partial charge < -0.3 is 15.4 Å². The van der Waals surface area contributed by atoms with E-state index in [1.54, 1.807) is 13.2 Å². The Morgan fingerprint density at radius 2 is 2.00 bits per heavy atom. The molecular weight excluding hydrogens is 267 g/mol. The van der Waals surface area contributed by atoms with Gasteiger partial charge in [-0.25, -0.2) is 4.39 Å². The third-order valence-electron chi connectivity index (χ3n) is 4.05. The van der Waals surface area contributed by atoms with E-state index < -0.39 is 0 Å². The summed E-state index contributed by atoms with van der Waals surface area (Å²) in [5.74, 6) is 0.223. The highest BCUT2D eigenvalue weighted by molar-refractivity contribution is 5.64. The summed E-state index contributed by atoms with van der Waals surface area (Å²) in [5.41, 5.74) is 7.87. The highest BCUT2D eigenvalue weighted by atomic mass is 19.1. The van der Waals surface area contributed by atoms with Crippen molar-refractivity contribution < 1.29 is 9.13 Å². The molecule has 0 radical (unpaired) electrons. The first-order chi connectivity index (χ1) is 10.2. The van der Waals surface area contributed by atoms with Crippen LogP contribution in [0.15, 0.2) is 42.5 Å². The van der Waals surface area contributed by atoms with Crippen LogP contribution >= 0.6 is 0 Å². The van der Waals surface area contributed by atoms with E-state index in [0.717, 1.165) is 19.4 Å². The second-order valence-electron chi connectivity index (χ2n) is 5.31. The average molecular weight is 286 g/mol. The van der Waals surface area contributed by atoms with Gasteiger partial charge >= 0.3 is 0 Å². The number of nitrogen functional groups attached to an aromatic ring is 1. The molecule has 1 saturated heterocycles. The first-order valence-electron chi connectivity index (χ1n) is 7.15. The lowest BCUT2D eigenvalue weighted by atomic mass is 10.0. The summed E-state index contributed by atoms with van der Waals surface area (Å²) in [6.45, 7) is 0.837. The first-order valence-corrected chi connectivity index (χ1v) is 7.15. The molecule has 4 heteroatoms. The normalized spacial score (nSPS) is 18.0. The van der Waals surface area contributed by atoms with E-state index in [2.05, 4.69) is 17.0 Å². The van der Waals surface area contributed by atoms with Crippen molar-refractivity contribution in [2.45, 2.75) is 18.9 Å². The van der Waals surface area contributed by atoms with Crippen molar-refractivity contribution in [3.8, 4) is 5.75 Å². The second kappa shape index (κ2) is 5.64. The monoisotopic (exact) mass is 286 g/mol. The Balaban J connectivity index is 1.99. The Morgan fingerprint density at radius 3 is 2.71 bits per heavy atom. The molecule has 0 spiro atoms. The van der Waals surface area contributed by atoms with Crippen molar-refractivity contribution in [3.05, 3.63) is 53.8 Å². The maximum atomic E-state index is 14.3. The van der Waals surface area contributed by atoms with Gasteiger partial charge in [0.2, 0.25) is 0 Å². The van der Waals surface area contributed by atoms with Crippen molar-refractivity contribution in [3.63, 3.8) is 0 Å². The predicted octanol–water partition coefficient (Wildman–Crippen LogP) is 3.76. The standard InChI is InChI=1S/C17H19FN2O/c1-21-17-11-16(13(18)10-14(17)19)20-9-5-8-15(20)12-6-3-2-4-7-12/h2-4,6-7,10-11,15H,5,8-9,19H2,1H3. The van der Waals surface area contributed by atoms with Gasteiger partial charge in [0, 0.05) is 18.7 Å². The molecule has 0 aliphatic carbocycles. The van der Waals surface area contributed by atoms with Crippen LogP contribution in [-0.4, -0.2) is 13.7 Å². The minimum absolute atomic E-state index is 0.203. The van der Waals surface area contributed by atoms with Crippen LogP contribution < -0.4 is 15.4 Å². The van der Waals surface area contributed by atoms with Gasteiger partial charge in [-0.3, -0.25) is 0 Å². The van der Waals surface area contributed by atoms with E-state index >= 15 is 0 Å². The van der Waals surface area contributed by atoms with Crippen LogP contribution in [-0.2, 0) is 0 Å². The zero-order chi connectivity index (χ0) is 14.8. The Bertz CT molecular complexity index is 630. The lowest BCUT2D eigenvalue weighted by molar-refractivity contribution is 0.416. The molecule has 2 N–H and O–H groups in total. The third kappa shape index (κ3) is 2.53. The lowest BCUT2D eigenvalue weighted by Gasteiger charge is -2.28. The number of methoxy groups -OCH3 is 1. The maximum Gasteiger partial charge on any atom is 0.148 e. The number of hydrogen-bond acceptors (Lipinski definition) is 3. The minimum Gasteiger partial charge on any atom is -0.495 e. The molecule has 3 rings (SSSR count). The summed E-state index contributed by atoms with van der Waals surface area (Å²) >= 11 is 0. The molecule has 0 aromatic heterocycles. The maximum absolute atomic E-state index is 14.3. The number of benzene rings is 2. The molecule has 2 aromatic rings. The number of nitrogens with two attached hydrogens (primary N) is 1. The van der Waals surface area contributed by atoms with Crippen LogP contribution in [0.3, 0.4) is 0 Å². The van der Waals surface area contributed by atoms with Gasteiger partial charge in [0.05, 0.1) is 24.5 Å². The third-order valence-corrected chi connectivity index (χ3v) is 4.05.